The molecule has 1 heterocycles. The van der Waals surface area contributed by atoms with Crippen LogP contribution in [0.5, 0.6) is 0 Å². The van der Waals surface area contributed by atoms with Crippen molar-refractivity contribution in [2.45, 2.75) is 11.8 Å². The van der Waals surface area contributed by atoms with Gasteiger partial charge in [0.25, 0.3) is 0 Å². The predicted molar refractivity (Wildman–Crippen MR) is 64.1 cm³/mol. The van der Waals surface area contributed by atoms with Gasteiger partial charge in [-0.1, -0.05) is 0 Å². The molecule has 0 bridgehead atoms. The first-order valence-electron chi connectivity index (χ1n) is 4.83. The minimum atomic E-state index is -3.78. The number of sulfonamides is 1. The smallest absolute Gasteiger partial charge is 0.240 e. The second-order valence-corrected chi connectivity index (χ2v) is 5.20. The second kappa shape index (κ2) is 3.86. The number of aryl methyl sites for hydroxylation is 1. The van der Waals surface area contributed by atoms with Crippen molar-refractivity contribution in [3.05, 3.63) is 36.2 Å². The summed E-state index contributed by atoms with van der Waals surface area (Å²) in [5.41, 5.74) is 7.30. The summed E-state index contributed by atoms with van der Waals surface area (Å²) in [7, 11) is -3.78. The van der Waals surface area contributed by atoms with Gasteiger partial charge in [-0.3, -0.25) is 0 Å². The predicted octanol–water partition coefficient (Wildman–Crippen LogP) is 0.410. The Balaban J connectivity index is 2.52. The molecule has 0 aliphatic rings. The van der Waals surface area contributed by atoms with Crippen LogP contribution in [0.15, 0.2) is 35.4 Å². The van der Waals surface area contributed by atoms with Crippen molar-refractivity contribution in [2.24, 2.45) is 5.14 Å². The van der Waals surface area contributed by atoms with Crippen molar-refractivity contribution >= 4 is 15.7 Å². The Labute approximate surface area is 98.9 Å². The maximum atomic E-state index is 11.2. The van der Waals surface area contributed by atoms with Crippen LogP contribution in [0.2, 0.25) is 0 Å². The molecule has 0 unspecified atom stereocenters. The Kier molecular flexibility index (Phi) is 2.64. The molecular formula is C10H12N4O2S. The molecule has 1 aromatic heterocycles. The highest BCUT2D eigenvalue weighted by Gasteiger charge is 2.12. The summed E-state index contributed by atoms with van der Waals surface area (Å²) in [6.07, 6.45) is 1.76. The molecule has 0 atom stereocenters. The van der Waals surface area contributed by atoms with E-state index in [0.717, 1.165) is 5.69 Å². The number of nitrogen functional groups attached to an aromatic ring is 1. The monoisotopic (exact) mass is 252 g/mol. The first-order valence-corrected chi connectivity index (χ1v) is 6.37. The van der Waals surface area contributed by atoms with E-state index < -0.39 is 10.0 Å². The minimum Gasteiger partial charge on any atom is -0.398 e. The summed E-state index contributed by atoms with van der Waals surface area (Å²) < 4.78 is 24.0. The topological polar surface area (TPSA) is 104 Å². The molecule has 0 aliphatic heterocycles. The van der Waals surface area contributed by atoms with Gasteiger partial charge >= 0.3 is 0 Å². The Morgan fingerprint density at radius 2 is 2.00 bits per heavy atom. The zero-order valence-electron chi connectivity index (χ0n) is 9.16. The molecule has 1 aromatic carbocycles. The van der Waals surface area contributed by atoms with Crippen LogP contribution in [-0.4, -0.2) is 18.2 Å². The molecule has 0 saturated carbocycles. The lowest BCUT2D eigenvalue weighted by molar-refractivity contribution is 0.598. The minimum absolute atomic E-state index is 0.0786. The van der Waals surface area contributed by atoms with Gasteiger partial charge in [0.1, 0.15) is 4.90 Å². The van der Waals surface area contributed by atoms with E-state index in [2.05, 4.69) is 5.10 Å². The molecule has 0 aliphatic carbocycles. The third-order valence-electron chi connectivity index (χ3n) is 2.29. The zero-order chi connectivity index (χ0) is 12.6. The van der Waals surface area contributed by atoms with Gasteiger partial charge in [-0.15, -0.1) is 0 Å². The van der Waals surface area contributed by atoms with Crippen molar-refractivity contribution in [2.75, 3.05) is 5.73 Å². The van der Waals surface area contributed by atoms with Gasteiger partial charge in [0.05, 0.1) is 17.1 Å². The Bertz CT molecular complexity index is 661. The molecule has 0 spiro atoms. The van der Waals surface area contributed by atoms with E-state index in [9.17, 15) is 8.42 Å². The fourth-order valence-corrected chi connectivity index (χ4v) is 2.14. The first kappa shape index (κ1) is 11.6. The number of aromatic nitrogens is 2. The molecule has 90 valence electrons. The lowest BCUT2D eigenvalue weighted by atomic mass is 10.3. The molecule has 17 heavy (non-hydrogen) atoms. The Hall–Kier alpha value is -1.86. The van der Waals surface area contributed by atoms with Crippen LogP contribution in [-0.2, 0) is 10.0 Å². The number of hydrogen-bond acceptors (Lipinski definition) is 4. The van der Waals surface area contributed by atoms with E-state index in [1.165, 1.54) is 12.1 Å². The van der Waals surface area contributed by atoms with Gasteiger partial charge in [-0.05, 0) is 31.2 Å². The maximum absolute atomic E-state index is 11.2. The quantitative estimate of drug-likeness (QED) is 0.755. The van der Waals surface area contributed by atoms with Crippen molar-refractivity contribution in [3.8, 4) is 5.69 Å². The summed E-state index contributed by atoms with van der Waals surface area (Å²) in [5.74, 6) is 0. The number of rotatable bonds is 2. The van der Waals surface area contributed by atoms with E-state index in [1.54, 1.807) is 16.9 Å². The van der Waals surface area contributed by atoms with Gasteiger partial charge in [-0.25, -0.2) is 18.2 Å². The SMILES string of the molecule is Cc1ccn(-c2ccc(S(N)(=O)=O)c(N)c2)n1. The van der Waals surface area contributed by atoms with Gasteiger partial charge in [0, 0.05) is 6.20 Å². The van der Waals surface area contributed by atoms with Gasteiger partial charge in [0.2, 0.25) is 10.0 Å². The molecule has 2 aromatic rings. The van der Waals surface area contributed by atoms with Crippen LogP contribution in [0, 0.1) is 6.92 Å². The highest BCUT2D eigenvalue weighted by atomic mass is 32.2. The van der Waals surface area contributed by atoms with Gasteiger partial charge in [-0.2, -0.15) is 5.10 Å². The number of benzene rings is 1. The molecule has 0 fully saturated rings. The van der Waals surface area contributed by atoms with Crippen LogP contribution in [0.25, 0.3) is 5.69 Å². The fourth-order valence-electron chi connectivity index (χ4n) is 1.50. The van der Waals surface area contributed by atoms with Crippen molar-refractivity contribution in [1.29, 1.82) is 0 Å². The van der Waals surface area contributed by atoms with Crippen LogP contribution in [0.4, 0.5) is 5.69 Å². The van der Waals surface area contributed by atoms with Crippen molar-refractivity contribution < 1.29 is 8.42 Å². The maximum Gasteiger partial charge on any atom is 0.240 e. The van der Waals surface area contributed by atoms with Crippen molar-refractivity contribution in [1.82, 2.24) is 9.78 Å². The highest BCUT2D eigenvalue weighted by molar-refractivity contribution is 7.89. The number of primary sulfonamides is 1. The molecule has 0 saturated heterocycles. The van der Waals surface area contributed by atoms with E-state index in [4.69, 9.17) is 10.9 Å². The van der Waals surface area contributed by atoms with E-state index in [0.29, 0.717) is 5.69 Å². The number of nitrogens with zero attached hydrogens (tertiary/aromatic N) is 2. The van der Waals surface area contributed by atoms with Crippen LogP contribution in [0.3, 0.4) is 0 Å². The van der Waals surface area contributed by atoms with Gasteiger partial charge in [0.15, 0.2) is 0 Å². The molecule has 2 rings (SSSR count). The van der Waals surface area contributed by atoms with Crippen LogP contribution in [0.1, 0.15) is 5.69 Å². The molecule has 0 radical (unpaired) electrons. The van der Waals surface area contributed by atoms with E-state index in [1.807, 2.05) is 13.0 Å². The van der Waals surface area contributed by atoms with Crippen LogP contribution < -0.4 is 10.9 Å². The molecule has 7 heteroatoms. The third kappa shape index (κ3) is 2.29. The largest absolute Gasteiger partial charge is 0.398 e. The number of nitrogens with two attached hydrogens (primary N) is 2. The van der Waals surface area contributed by atoms with Crippen molar-refractivity contribution in [3.63, 3.8) is 0 Å². The normalized spacial score (nSPS) is 11.6. The molecular weight excluding hydrogens is 240 g/mol. The standard InChI is InChI=1S/C10H12N4O2S/c1-7-4-5-14(13-7)8-2-3-10(9(11)6-8)17(12,15)16/h2-6H,11H2,1H3,(H2,12,15,16). The molecule has 6 nitrogen and oxygen atoms in total. The lowest BCUT2D eigenvalue weighted by Crippen LogP contribution is -2.14. The van der Waals surface area contributed by atoms with Gasteiger partial charge < -0.3 is 5.73 Å². The first-order chi connectivity index (χ1) is 7.88. The summed E-state index contributed by atoms with van der Waals surface area (Å²) >= 11 is 0. The molecule has 0 amide bonds. The number of hydrogen-bond donors (Lipinski definition) is 2. The van der Waals surface area contributed by atoms with Crippen LogP contribution >= 0.6 is 0 Å². The Morgan fingerprint density at radius 3 is 2.47 bits per heavy atom. The number of anilines is 1. The average molecular weight is 252 g/mol. The van der Waals surface area contributed by atoms with E-state index >= 15 is 0 Å². The zero-order valence-corrected chi connectivity index (χ0v) is 9.98. The Morgan fingerprint density at radius 1 is 1.29 bits per heavy atom. The molecule has 4 N–H and O–H groups in total. The fraction of sp³-hybridized carbons (Fsp3) is 0.100. The summed E-state index contributed by atoms with van der Waals surface area (Å²) in [4.78, 5) is -0.0786. The average Bonchev–Trinajstić information content (AvgIpc) is 2.62. The third-order valence-corrected chi connectivity index (χ3v) is 3.27. The van der Waals surface area contributed by atoms with E-state index in [-0.39, 0.29) is 10.6 Å². The summed E-state index contributed by atoms with van der Waals surface area (Å²) in [5, 5.41) is 9.21. The highest BCUT2D eigenvalue weighted by Crippen LogP contribution is 2.20. The summed E-state index contributed by atoms with van der Waals surface area (Å²) in [6.45, 7) is 1.86. The second-order valence-electron chi connectivity index (χ2n) is 3.67. The summed E-state index contributed by atoms with van der Waals surface area (Å²) in [6, 6.07) is 6.33. The lowest BCUT2D eigenvalue weighted by Gasteiger charge is -2.06.